The van der Waals surface area contributed by atoms with Crippen molar-refractivity contribution in [2.45, 2.75) is 0 Å². The Morgan fingerprint density at radius 1 is 0.605 bits per heavy atom. The Morgan fingerprint density at radius 3 is 1.71 bits per heavy atom. The second kappa shape index (κ2) is 8.14. The summed E-state index contributed by atoms with van der Waals surface area (Å²) in [6, 6.07) is 5.35. The Balaban J connectivity index is 2.10. The Labute approximate surface area is 235 Å². The number of hydrogen-bond donors (Lipinski definition) is 0. The highest BCUT2D eigenvalue weighted by Crippen LogP contribution is 2.41. The second-order valence-electron chi connectivity index (χ2n) is 8.97. The summed E-state index contributed by atoms with van der Waals surface area (Å²) in [6.45, 7) is 0. The molecule has 38 heavy (non-hydrogen) atoms. The van der Waals surface area contributed by atoms with E-state index in [9.17, 15) is 10.5 Å². The Hall–Kier alpha value is -3.21. The predicted octanol–water partition coefficient (Wildman–Crippen LogP) is -4.88. The summed E-state index contributed by atoms with van der Waals surface area (Å²) in [5.74, 6) is 0. The topological polar surface area (TPSA) is 52.0 Å². The van der Waals surface area contributed by atoms with Crippen LogP contribution in [0.5, 0.6) is 0 Å². The van der Waals surface area contributed by atoms with Gasteiger partial charge in [-0.2, -0.15) is 10.5 Å². The van der Waals surface area contributed by atoms with E-state index < -0.39 is 0 Å². The van der Waals surface area contributed by atoms with E-state index in [1.54, 1.807) is 6.07 Å². The second-order valence-corrected chi connectivity index (χ2v) is 10.0. The molecule has 148 valence electrons. The van der Waals surface area contributed by atoms with Gasteiger partial charge in [-0.3, -0.25) is 0 Å². The molecule has 0 amide bonds. The molecule has 6 aromatic rings. The van der Waals surface area contributed by atoms with Crippen molar-refractivity contribution in [3.05, 3.63) is 16.5 Å². The first kappa shape index (κ1) is 25.1. The monoisotopic (exact) mass is 473 g/mol. The van der Waals surface area contributed by atoms with E-state index in [1.165, 1.54) is 11.3 Å². The van der Waals surface area contributed by atoms with Crippen LogP contribution in [0, 0.1) is 22.7 Å². The lowest BCUT2D eigenvalue weighted by Crippen LogP contribution is -2.48. The van der Waals surface area contributed by atoms with Crippen molar-refractivity contribution in [2.75, 3.05) is 0 Å². The van der Waals surface area contributed by atoms with Gasteiger partial charge < -0.3 is 4.40 Å². The van der Waals surface area contributed by atoms with Gasteiger partial charge in [-0.05, 0) is 22.2 Å². The van der Waals surface area contributed by atoms with Crippen LogP contribution in [0.4, 0.5) is 0 Å². The largest absolute Gasteiger partial charge is 0.300 e. The molecule has 0 saturated heterocycles. The molecule has 0 unspecified atom stereocenters. The summed E-state index contributed by atoms with van der Waals surface area (Å²) < 4.78 is 1.83. The third-order valence-electron chi connectivity index (χ3n) is 7.19. The molecule has 0 aliphatic carbocycles. The summed E-state index contributed by atoms with van der Waals surface area (Å²) in [4.78, 5) is 1.04. The van der Waals surface area contributed by atoms with Crippen LogP contribution < -0.4 is 49.2 Å². The Kier molecular flexibility index (Phi) is 5.38. The summed E-state index contributed by atoms with van der Waals surface area (Å²) in [5, 5.41) is 21.9. The number of benzene rings is 3. The average Bonchev–Trinajstić information content (AvgIpc) is 3.49. The number of hydrogen-bond acceptors (Lipinski definition) is 3. The van der Waals surface area contributed by atoms with E-state index in [0.29, 0.717) is 53.1 Å². The predicted molar refractivity (Wildman–Crippen MR) is 169 cm³/mol. The molecule has 0 spiro atoms. The van der Waals surface area contributed by atoms with Gasteiger partial charge >= 0.3 is 0 Å². The van der Waals surface area contributed by atoms with Crippen LogP contribution in [0.15, 0.2) is 11.6 Å². The molecule has 0 atom stereocenters. The van der Waals surface area contributed by atoms with E-state index in [2.05, 4.69) is 0 Å². The molecule has 3 aromatic heterocycles. The lowest BCUT2D eigenvalue weighted by molar-refractivity contribution is 1.39. The molecule has 14 heteroatoms. The number of thiophene rings is 1. The fourth-order valence-electron chi connectivity index (χ4n) is 5.35. The Bertz CT molecular complexity index is 2200. The van der Waals surface area contributed by atoms with Gasteiger partial charge in [-0.15, -0.1) is 27.7 Å². The van der Waals surface area contributed by atoms with E-state index in [0.717, 1.165) is 0 Å². The highest BCUT2D eigenvalue weighted by molar-refractivity contribution is 7.20. The number of allylic oxidation sites excluding steroid dienone is 1. The first-order chi connectivity index (χ1) is 18.0. The van der Waals surface area contributed by atoms with Gasteiger partial charge in [0.1, 0.15) is 101 Å². The van der Waals surface area contributed by atoms with Crippen molar-refractivity contribution in [1.29, 1.82) is 10.5 Å². The van der Waals surface area contributed by atoms with Gasteiger partial charge in [0.05, 0.1) is 5.52 Å². The molecule has 3 nitrogen and oxygen atoms in total. The quantitative estimate of drug-likeness (QED) is 0.179. The number of fused-ring (bicyclic) bond motifs is 6. The van der Waals surface area contributed by atoms with Crippen molar-refractivity contribution >= 4 is 193 Å². The minimum atomic E-state index is -0.243. The van der Waals surface area contributed by atoms with Crippen LogP contribution in [-0.4, -0.2) is 82.9 Å². The molecule has 0 N–H and O–H groups in total. The molecule has 0 aliphatic rings. The van der Waals surface area contributed by atoms with E-state index in [4.69, 9.17) is 78.5 Å². The number of pyridine rings is 1. The van der Waals surface area contributed by atoms with E-state index in [-0.39, 0.29) is 60.2 Å². The molecule has 0 aliphatic heterocycles. The normalized spacial score (nSPS) is 11.6. The zero-order valence-corrected chi connectivity index (χ0v) is 20.4. The fraction of sp³-hybridized carbons (Fsp3) is 0. The van der Waals surface area contributed by atoms with Crippen molar-refractivity contribution < 1.29 is 0 Å². The lowest BCUT2D eigenvalue weighted by atomic mass is 9.63. The van der Waals surface area contributed by atoms with Crippen molar-refractivity contribution in [1.82, 2.24) is 4.40 Å². The van der Waals surface area contributed by atoms with Gasteiger partial charge in [0, 0.05) is 26.6 Å². The summed E-state index contributed by atoms with van der Waals surface area (Å²) in [7, 11) is 64.3. The minimum Gasteiger partial charge on any atom is -0.300 e. The molecule has 0 fully saturated rings. The highest BCUT2D eigenvalue weighted by atomic mass is 32.1. The lowest BCUT2D eigenvalue weighted by Gasteiger charge is -2.22. The molecule has 3 aromatic carbocycles. The number of aromatic nitrogens is 1. The van der Waals surface area contributed by atoms with Crippen LogP contribution in [0.1, 0.15) is 4.88 Å². The number of nitrogens with zero attached hydrogens (tertiary/aromatic N) is 3. The minimum absolute atomic E-state index is 0.000309. The summed E-state index contributed by atoms with van der Waals surface area (Å²) in [5.41, 5.74) is 2.22. The molecule has 20 radical (unpaired) electrons. The smallest absolute Gasteiger partial charge is 0.124 e. The summed E-state index contributed by atoms with van der Waals surface area (Å²) >= 11 is 1.21. The molecule has 3 heterocycles. The van der Waals surface area contributed by atoms with Gasteiger partial charge in [0.2, 0.25) is 0 Å². The Morgan fingerprint density at radius 2 is 1.08 bits per heavy atom. The standard InChI is InChI=1S/C24HB10N3S/c25-12(4(2-35)3-36)6-1-5-7-8-9(15(28)18(31)13(7)26)14(27)16(29)10-11-17(30)19(32)20(33)21(34)23(11)37(22(8)10)24(5)38-6/h1H. The SMILES string of the molecule is [B]C(=C(C#N)C#N)c1cc2c3c([B])c([B])c([B])c4c([B])c([B])c5c6c([B])c([B])c([B])c([B])c6n(c2s1)c5c43. The van der Waals surface area contributed by atoms with Crippen LogP contribution in [0.25, 0.3) is 53.7 Å². The first-order valence-corrected chi connectivity index (χ1v) is 11.8. The fourth-order valence-corrected chi connectivity index (χ4v) is 6.49. The molecular formula is C24HB10N3S. The van der Waals surface area contributed by atoms with Crippen molar-refractivity contribution in [3.8, 4) is 12.1 Å². The van der Waals surface area contributed by atoms with Gasteiger partial charge in [-0.25, -0.2) is 0 Å². The molecule has 6 rings (SSSR count). The van der Waals surface area contributed by atoms with E-state index in [1.807, 2.05) is 16.5 Å². The number of nitriles is 2. The van der Waals surface area contributed by atoms with Crippen LogP contribution in [0.3, 0.4) is 0 Å². The van der Waals surface area contributed by atoms with Crippen LogP contribution in [0.2, 0.25) is 0 Å². The maximum atomic E-state index is 9.41. The highest BCUT2D eigenvalue weighted by Gasteiger charge is 2.27. The maximum Gasteiger partial charge on any atom is 0.124 e. The van der Waals surface area contributed by atoms with Gasteiger partial charge in [0.15, 0.2) is 0 Å². The zero-order chi connectivity index (χ0) is 27.5. The van der Waals surface area contributed by atoms with Crippen molar-refractivity contribution in [2.24, 2.45) is 0 Å². The molecular weight excluding hydrogens is 470 g/mol. The molecule has 0 saturated carbocycles. The molecule has 0 bridgehead atoms. The van der Waals surface area contributed by atoms with Crippen LogP contribution in [-0.2, 0) is 0 Å². The third kappa shape index (κ3) is 2.80. The van der Waals surface area contributed by atoms with Gasteiger partial charge in [0.25, 0.3) is 0 Å². The third-order valence-corrected chi connectivity index (χ3v) is 8.35. The maximum absolute atomic E-state index is 9.41. The van der Waals surface area contributed by atoms with Gasteiger partial charge in [-0.1, -0.05) is 38.2 Å². The van der Waals surface area contributed by atoms with E-state index >= 15 is 0 Å². The number of rotatable bonds is 1. The summed E-state index contributed by atoms with van der Waals surface area (Å²) in [6.07, 6.45) is 0. The van der Waals surface area contributed by atoms with Crippen molar-refractivity contribution in [3.63, 3.8) is 0 Å². The first-order valence-electron chi connectivity index (χ1n) is 11.0. The van der Waals surface area contributed by atoms with Crippen LogP contribution >= 0.6 is 11.3 Å². The zero-order valence-electron chi connectivity index (χ0n) is 19.6. The average molecular weight is 471 g/mol.